The van der Waals surface area contributed by atoms with E-state index in [1.165, 1.54) is 8.91 Å². The zero-order valence-corrected chi connectivity index (χ0v) is 11.1. The van der Waals surface area contributed by atoms with E-state index in [-0.39, 0.29) is 0 Å². The minimum absolute atomic E-state index is 0.577. The van der Waals surface area contributed by atoms with E-state index in [9.17, 15) is 0 Å². The van der Waals surface area contributed by atoms with Gasteiger partial charge in [0.15, 0.2) is 0 Å². The monoisotopic (exact) mass is 207 g/mol. The molecule has 0 spiro atoms. The molecule has 0 aromatic heterocycles. The maximum atomic E-state index is 1.61. The first kappa shape index (κ1) is 5.26. The fourth-order valence-corrected chi connectivity index (χ4v) is 119. The van der Waals surface area contributed by atoms with E-state index in [1.807, 2.05) is 0 Å². The van der Waals surface area contributed by atoms with Gasteiger partial charge in [-0.05, 0) is 57.3 Å². The van der Waals surface area contributed by atoms with Gasteiger partial charge in [0.05, 0.1) is 5.49 Å². The zero-order chi connectivity index (χ0) is 5.14. The van der Waals surface area contributed by atoms with Crippen LogP contribution in [0, 0.1) is 0 Å². The molecule has 3 aliphatic heterocycles. The molecule has 0 amide bonds. The van der Waals surface area contributed by atoms with Crippen LogP contribution in [0.4, 0.5) is 0 Å². The van der Waals surface area contributed by atoms with Crippen molar-refractivity contribution in [3.63, 3.8) is 0 Å². The van der Waals surface area contributed by atoms with Gasteiger partial charge in [0, 0.05) is 0 Å². The molecule has 0 aromatic rings. The zero-order valence-electron chi connectivity index (χ0n) is 4.08. The lowest BCUT2D eigenvalue weighted by molar-refractivity contribution is 3.14. The lowest BCUT2D eigenvalue weighted by Gasteiger charge is -2.61. The Hall–Kier alpha value is 1.58. The topological polar surface area (TPSA) is 0 Å². The predicted octanol–water partition coefficient (Wildman–Crippen LogP) is -3.05. The van der Waals surface area contributed by atoms with Gasteiger partial charge >= 0.3 is 0 Å². The van der Waals surface area contributed by atoms with E-state index in [1.54, 1.807) is 31.2 Å². The quantitative estimate of drug-likeness (QED) is 0.371. The SMILES string of the molecule is [Si]1[Si][Si]2B1[Si]1[Si][Si][Si]21. The highest BCUT2D eigenvalue weighted by atomic mass is 30.3. The summed E-state index contributed by atoms with van der Waals surface area (Å²) in [6.07, 6.45) is 0. The molecule has 3 heterocycles. The molecule has 31 valence electrons. The molecule has 3 aliphatic rings. The van der Waals surface area contributed by atoms with Crippen LogP contribution in [0.3, 0.4) is 0 Å². The Morgan fingerprint density at radius 2 is 1.88 bits per heavy atom. The van der Waals surface area contributed by atoms with Gasteiger partial charge in [0.1, 0.15) is 0 Å². The Balaban J connectivity index is 1.87. The third-order valence-electron chi connectivity index (χ3n) is 1.79. The summed E-state index contributed by atoms with van der Waals surface area (Å²) >= 11 is 0. The van der Waals surface area contributed by atoms with E-state index >= 15 is 0 Å². The van der Waals surface area contributed by atoms with Crippen molar-refractivity contribution in [1.82, 2.24) is 0 Å². The molecule has 11 radical (unpaired) electrons. The maximum Gasteiger partial charge on any atom is 0.0967 e. The van der Waals surface area contributed by atoms with E-state index < -0.39 is 0 Å². The van der Waals surface area contributed by atoms with Gasteiger partial charge in [-0.1, -0.05) is 0 Å². The van der Waals surface area contributed by atoms with Crippen molar-refractivity contribution in [3.8, 4) is 0 Å². The molecule has 0 atom stereocenters. The van der Waals surface area contributed by atoms with Crippen molar-refractivity contribution < 1.29 is 0 Å². The average molecular weight is 207 g/mol. The van der Waals surface area contributed by atoms with Crippen LogP contribution < -0.4 is 0 Å². The van der Waals surface area contributed by atoms with Gasteiger partial charge < -0.3 is 0 Å². The molecule has 0 nitrogen and oxygen atoms in total. The van der Waals surface area contributed by atoms with Crippen LogP contribution in [-0.2, 0) is 0 Å². The van der Waals surface area contributed by atoms with E-state index in [4.69, 9.17) is 0 Å². The van der Waals surface area contributed by atoms with E-state index in [0.29, 0.717) is 22.8 Å². The summed E-state index contributed by atoms with van der Waals surface area (Å²) in [6.45, 7) is 0. The van der Waals surface area contributed by atoms with Crippen LogP contribution in [-0.4, -0.2) is 62.8 Å². The molecule has 0 aliphatic carbocycles. The fourth-order valence-electron chi connectivity index (χ4n) is 1.19. The molecule has 8 heavy (non-hydrogen) atoms. The second-order valence-corrected chi connectivity index (χ2v) is 37.4. The normalized spacial score (nSPS) is 36.8. The first-order chi connectivity index (χ1) is 3.97. The van der Waals surface area contributed by atoms with Gasteiger partial charge in [-0.15, -0.1) is 0 Å². The summed E-state index contributed by atoms with van der Waals surface area (Å²) in [7, 11) is 8.11. The van der Waals surface area contributed by atoms with Crippen LogP contribution >= 0.6 is 0 Å². The highest BCUT2D eigenvalue weighted by Crippen LogP contribution is 2.24. The summed E-state index contributed by atoms with van der Waals surface area (Å²) in [5.41, 5.74) is 1.55. The molecule has 3 saturated heterocycles. The molecule has 0 bridgehead atoms. The number of hydrogen-bond donors (Lipinski definition) is 0. The summed E-state index contributed by atoms with van der Waals surface area (Å²) in [4.78, 5) is 0. The van der Waals surface area contributed by atoms with E-state index in [0.717, 1.165) is 0 Å². The maximum absolute atomic E-state index is 1.61. The number of rotatable bonds is 0. The Morgan fingerprint density at radius 1 is 1.00 bits per heavy atom. The third kappa shape index (κ3) is 0.432. The predicted molar refractivity (Wildman–Crippen MR) is 46.0 cm³/mol. The van der Waals surface area contributed by atoms with E-state index in [2.05, 4.69) is 0 Å². The lowest BCUT2D eigenvalue weighted by atomic mass is 10.6. The summed E-state index contributed by atoms with van der Waals surface area (Å²) in [5.74, 6) is 0. The smallest absolute Gasteiger partial charge is 0.0264 e. The summed E-state index contributed by atoms with van der Waals surface area (Å²) in [5, 5.41) is 0. The third-order valence-corrected chi connectivity index (χ3v) is 78.7. The van der Waals surface area contributed by atoms with Crippen LogP contribution in [0.25, 0.3) is 0 Å². The van der Waals surface area contributed by atoms with Gasteiger partial charge in [0.25, 0.3) is 0 Å². The molecule has 0 unspecified atom stereocenters. The summed E-state index contributed by atoms with van der Waals surface area (Å²) < 4.78 is 0. The second-order valence-electron chi connectivity index (χ2n) is 2.15. The van der Waals surface area contributed by atoms with Crippen LogP contribution in [0.1, 0.15) is 0 Å². The van der Waals surface area contributed by atoms with Crippen molar-refractivity contribution in [3.05, 3.63) is 0 Å². The number of hydrogen-bond acceptors (Lipinski definition) is 0. The molecule has 0 N–H and O–H groups in total. The first-order valence-corrected chi connectivity index (χ1v) is 18.3. The lowest BCUT2D eigenvalue weighted by Crippen LogP contribution is -3.00. The Kier molecular flexibility index (Phi) is 1.05. The molecule has 0 aromatic carbocycles. The highest BCUT2D eigenvalue weighted by Gasteiger charge is 2.63. The van der Waals surface area contributed by atoms with Gasteiger partial charge in [-0.3, -0.25) is 0 Å². The number of fused-ring (bicyclic) bond motifs is 4. The standard InChI is InChI=1S/BSi7/c2-1-6(3-2)8-5-4-7(1)8. The first-order valence-electron chi connectivity index (χ1n) is 2.62. The fraction of sp³-hybridized carbons (Fsp3) is 0. The van der Waals surface area contributed by atoms with Crippen molar-refractivity contribution in [2.45, 2.75) is 0 Å². The Bertz CT molecular complexity index is 92.3. The molecular weight excluding hydrogens is 207 g/mol. The second kappa shape index (κ2) is 1.60. The largest absolute Gasteiger partial charge is 0.0967 e. The van der Waals surface area contributed by atoms with Crippen molar-refractivity contribution >= 4 is 62.8 Å². The highest BCUT2D eigenvalue weighted by molar-refractivity contribution is 8.38. The molecular formula is BSi7. The van der Waals surface area contributed by atoms with Gasteiger partial charge in [-0.2, -0.15) is 0 Å². The minimum Gasteiger partial charge on any atom is -0.0264 e. The van der Waals surface area contributed by atoms with Crippen molar-refractivity contribution in [2.75, 3.05) is 0 Å². The molecule has 0 saturated carbocycles. The van der Waals surface area contributed by atoms with Crippen LogP contribution in [0.5, 0.6) is 0 Å². The van der Waals surface area contributed by atoms with Crippen molar-refractivity contribution in [1.29, 1.82) is 0 Å². The molecule has 3 rings (SSSR count). The molecule has 3 fully saturated rings. The average Bonchev–Trinajstić information content (AvgIpc) is 1.70. The van der Waals surface area contributed by atoms with Gasteiger partial charge in [-0.25, -0.2) is 0 Å². The van der Waals surface area contributed by atoms with Crippen LogP contribution in [0.15, 0.2) is 0 Å². The van der Waals surface area contributed by atoms with Gasteiger partial charge in [0.2, 0.25) is 0 Å². The van der Waals surface area contributed by atoms with Crippen molar-refractivity contribution in [2.24, 2.45) is 0 Å². The summed E-state index contributed by atoms with van der Waals surface area (Å²) in [6, 6.07) is 0. The Labute approximate surface area is 62.7 Å². The molecule has 8 heteroatoms. The van der Waals surface area contributed by atoms with Crippen LogP contribution in [0.2, 0.25) is 0 Å². The Morgan fingerprint density at radius 3 is 2.00 bits per heavy atom. The minimum atomic E-state index is 0.577.